The Morgan fingerprint density at radius 2 is 2.00 bits per heavy atom. The molecule has 0 amide bonds. The van der Waals surface area contributed by atoms with Crippen molar-refractivity contribution in [3.8, 4) is 6.07 Å². The number of hydrogen-bond acceptors (Lipinski definition) is 3. The number of aliphatic carboxylic acids is 1. The molecule has 0 heterocycles. The second-order valence-corrected chi connectivity index (χ2v) is 5.52. The average Bonchev–Trinajstić information content (AvgIpc) is 2.57. The normalized spacial score (nSPS) is 20.7. The summed E-state index contributed by atoms with van der Waals surface area (Å²) >= 11 is 0. The van der Waals surface area contributed by atoms with E-state index in [1.807, 2.05) is 6.92 Å². The van der Waals surface area contributed by atoms with Crippen LogP contribution in [0.1, 0.15) is 64.7 Å². The van der Waals surface area contributed by atoms with E-state index in [0.29, 0.717) is 18.9 Å². The van der Waals surface area contributed by atoms with Crippen LogP contribution in [0, 0.1) is 11.3 Å². The summed E-state index contributed by atoms with van der Waals surface area (Å²) in [4.78, 5) is 10.5. The van der Waals surface area contributed by atoms with E-state index >= 15 is 0 Å². The molecule has 4 heteroatoms. The van der Waals surface area contributed by atoms with Gasteiger partial charge in [0.15, 0.2) is 0 Å². The third-order valence-corrected chi connectivity index (χ3v) is 3.69. The molecule has 0 radical (unpaired) electrons. The fourth-order valence-electron chi connectivity index (χ4n) is 2.63. The highest BCUT2D eigenvalue weighted by molar-refractivity contribution is 5.66. The molecule has 0 spiro atoms. The van der Waals surface area contributed by atoms with Gasteiger partial charge in [0.25, 0.3) is 0 Å². The molecular formula is C14H24N2O2. The highest BCUT2D eigenvalue weighted by Crippen LogP contribution is 2.21. The first-order valence-corrected chi connectivity index (χ1v) is 6.96. The molecule has 0 saturated heterocycles. The van der Waals surface area contributed by atoms with Gasteiger partial charge in [0, 0.05) is 12.5 Å². The Balaban J connectivity index is 2.42. The van der Waals surface area contributed by atoms with Crippen LogP contribution in [0.5, 0.6) is 0 Å². The minimum absolute atomic E-state index is 0.142. The van der Waals surface area contributed by atoms with Crippen LogP contribution in [0.2, 0.25) is 0 Å². The van der Waals surface area contributed by atoms with Crippen LogP contribution in [0.15, 0.2) is 0 Å². The number of nitriles is 1. The maximum atomic E-state index is 10.5. The smallest absolute Gasteiger partial charge is 0.303 e. The number of nitrogens with one attached hydrogen (secondary N) is 1. The molecule has 2 N–H and O–H groups in total. The van der Waals surface area contributed by atoms with Crippen LogP contribution in [0.3, 0.4) is 0 Å². The minimum Gasteiger partial charge on any atom is -0.481 e. The largest absolute Gasteiger partial charge is 0.481 e. The van der Waals surface area contributed by atoms with Crippen molar-refractivity contribution in [3.05, 3.63) is 0 Å². The number of nitrogens with zero attached hydrogens (tertiary/aromatic N) is 1. The van der Waals surface area contributed by atoms with Crippen molar-refractivity contribution < 1.29 is 9.90 Å². The number of rotatable bonds is 6. The highest BCUT2D eigenvalue weighted by atomic mass is 16.4. The van der Waals surface area contributed by atoms with E-state index in [1.54, 1.807) is 0 Å². The Bertz CT molecular complexity index is 303. The topological polar surface area (TPSA) is 73.1 Å². The van der Waals surface area contributed by atoms with Crippen molar-refractivity contribution in [1.82, 2.24) is 5.32 Å². The van der Waals surface area contributed by atoms with E-state index in [2.05, 4.69) is 11.4 Å². The Kier molecular flexibility index (Phi) is 6.14. The van der Waals surface area contributed by atoms with E-state index in [-0.39, 0.29) is 6.42 Å². The average molecular weight is 252 g/mol. The lowest BCUT2D eigenvalue weighted by atomic mass is 9.94. The first kappa shape index (κ1) is 15.0. The van der Waals surface area contributed by atoms with Gasteiger partial charge < -0.3 is 5.11 Å². The summed E-state index contributed by atoms with van der Waals surface area (Å²) in [5, 5.41) is 21.4. The van der Waals surface area contributed by atoms with Crippen LogP contribution >= 0.6 is 0 Å². The number of hydrogen-bond donors (Lipinski definition) is 2. The SMILES string of the molecule is CC(C#N)(CCCC(=O)O)NC1CCCCCC1. The molecule has 0 aliphatic heterocycles. The van der Waals surface area contributed by atoms with Crippen molar-refractivity contribution >= 4 is 5.97 Å². The summed E-state index contributed by atoms with van der Waals surface area (Å²) in [6.07, 6.45) is 8.62. The second-order valence-electron chi connectivity index (χ2n) is 5.52. The third-order valence-electron chi connectivity index (χ3n) is 3.69. The minimum atomic E-state index is -0.787. The summed E-state index contributed by atoms with van der Waals surface area (Å²) in [6, 6.07) is 2.73. The van der Waals surface area contributed by atoms with Gasteiger partial charge in [-0.1, -0.05) is 25.7 Å². The lowest BCUT2D eigenvalue weighted by Crippen LogP contribution is -2.47. The van der Waals surface area contributed by atoms with E-state index in [0.717, 1.165) is 12.8 Å². The molecular weight excluding hydrogens is 228 g/mol. The van der Waals surface area contributed by atoms with Crippen molar-refractivity contribution in [1.29, 1.82) is 5.26 Å². The molecule has 1 atom stereocenters. The predicted octanol–water partition coefficient (Wildman–Crippen LogP) is 2.84. The highest BCUT2D eigenvalue weighted by Gasteiger charge is 2.27. The molecule has 0 aromatic rings. The molecule has 1 saturated carbocycles. The van der Waals surface area contributed by atoms with Gasteiger partial charge in [-0.2, -0.15) is 5.26 Å². The Hall–Kier alpha value is -1.08. The van der Waals surface area contributed by atoms with E-state index in [1.165, 1.54) is 25.7 Å². The fourth-order valence-corrected chi connectivity index (χ4v) is 2.63. The quantitative estimate of drug-likeness (QED) is 0.713. The van der Waals surface area contributed by atoms with E-state index in [4.69, 9.17) is 5.11 Å². The molecule has 102 valence electrons. The molecule has 0 bridgehead atoms. The molecule has 1 rings (SSSR count). The van der Waals surface area contributed by atoms with Crippen molar-refractivity contribution in [3.63, 3.8) is 0 Å². The standard InChI is InChI=1S/C14H24N2O2/c1-14(11-15,10-6-9-13(17)18)16-12-7-4-2-3-5-8-12/h12,16H,2-10H2,1H3,(H,17,18). The van der Waals surface area contributed by atoms with Crippen LogP contribution < -0.4 is 5.32 Å². The predicted molar refractivity (Wildman–Crippen MR) is 70.1 cm³/mol. The molecule has 0 aromatic heterocycles. The van der Waals surface area contributed by atoms with Gasteiger partial charge in [0.1, 0.15) is 5.54 Å². The van der Waals surface area contributed by atoms with Gasteiger partial charge in [-0.3, -0.25) is 10.1 Å². The van der Waals surface area contributed by atoms with Gasteiger partial charge in [-0.15, -0.1) is 0 Å². The zero-order chi connectivity index (χ0) is 13.4. The molecule has 18 heavy (non-hydrogen) atoms. The van der Waals surface area contributed by atoms with Crippen molar-refractivity contribution in [2.24, 2.45) is 0 Å². The van der Waals surface area contributed by atoms with Gasteiger partial charge in [-0.05, 0) is 32.6 Å². The summed E-state index contributed by atoms with van der Waals surface area (Å²) in [5.74, 6) is -0.787. The second kappa shape index (κ2) is 7.38. The van der Waals surface area contributed by atoms with Gasteiger partial charge >= 0.3 is 5.97 Å². The third kappa shape index (κ3) is 5.50. The van der Waals surface area contributed by atoms with E-state index < -0.39 is 11.5 Å². The van der Waals surface area contributed by atoms with Gasteiger partial charge in [0.2, 0.25) is 0 Å². The van der Waals surface area contributed by atoms with Crippen molar-refractivity contribution in [2.75, 3.05) is 0 Å². The molecule has 4 nitrogen and oxygen atoms in total. The molecule has 0 aromatic carbocycles. The number of carbonyl (C=O) groups is 1. The number of carboxylic acids is 1. The van der Waals surface area contributed by atoms with Crippen molar-refractivity contribution in [2.45, 2.75) is 76.3 Å². The monoisotopic (exact) mass is 252 g/mol. The van der Waals surface area contributed by atoms with Crippen LogP contribution in [-0.4, -0.2) is 22.7 Å². The fraction of sp³-hybridized carbons (Fsp3) is 0.857. The van der Waals surface area contributed by atoms with Crippen LogP contribution in [0.4, 0.5) is 0 Å². The molecule has 1 aliphatic carbocycles. The maximum Gasteiger partial charge on any atom is 0.303 e. The Morgan fingerprint density at radius 1 is 1.39 bits per heavy atom. The Morgan fingerprint density at radius 3 is 2.50 bits per heavy atom. The first-order valence-electron chi connectivity index (χ1n) is 6.96. The lowest BCUT2D eigenvalue weighted by Gasteiger charge is -2.29. The molecule has 1 aliphatic rings. The zero-order valence-electron chi connectivity index (χ0n) is 11.2. The summed E-state index contributed by atoms with van der Waals surface area (Å²) in [6.45, 7) is 1.89. The molecule has 1 fully saturated rings. The van der Waals surface area contributed by atoms with Crippen LogP contribution in [0.25, 0.3) is 0 Å². The lowest BCUT2D eigenvalue weighted by molar-refractivity contribution is -0.137. The maximum absolute atomic E-state index is 10.5. The number of carboxylic acid groups (broad SMARTS) is 1. The molecule has 1 unspecified atom stereocenters. The van der Waals surface area contributed by atoms with Gasteiger partial charge in [-0.25, -0.2) is 0 Å². The summed E-state index contributed by atoms with van der Waals surface area (Å²) in [5.41, 5.74) is -0.579. The summed E-state index contributed by atoms with van der Waals surface area (Å²) in [7, 11) is 0. The van der Waals surface area contributed by atoms with Gasteiger partial charge in [0.05, 0.1) is 6.07 Å². The van der Waals surface area contributed by atoms with E-state index in [9.17, 15) is 10.1 Å². The first-order chi connectivity index (χ1) is 8.56. The zero-order valence-corrected chi connectivity index (χ0v) is 11.2. The van der Waals surface area contributed by atoms with Crippen LogP contribution in [-0.2, 0) is 4.79 Å². The summed E-state index contributed by atoms with van der Waals surface area (Å²) < 4.78 is 0. The Labute approximate surface area is 109 Å².